The van der Waals surface area contributed by atoms with Gasteiger partial charge in [-0.15, -0.1) is 0 Å². The van der Waals surface area contributed by atoms with E-state index in [0.717, 1.165) is 33.6 Å². The van der Waals surface area contributed by atoms with Crippen LogP contribution in [0.2, 0.25) is 14.4 Å². The quantitative estimate of drug-likeness (QED) is 0.550. The van der Waals surface area contributed by atoms with E-state index in [1.54, 1.807) is 17.1 Å². The van der Waals surface area contributed by atoms with Gasteiger partial charge >= 0.3 is 57.6 Å². The van der Waals surface area contributed by atoms with Gasteiger partial charge in [-0.2, -0.15) is 0 Å². The Kier molecular flexibility index (Phi) is 2.77. The summed E-state index contributed by atoms with van der Waals surface area (Å²) in [5.41, 5.74) is 0. The predicted molar refractivity (Wildman–Crippen MR) is 35.2 cm³/mol. The summed E-state index contributed by atoms with van der Waals surface area (Å²) in [6.07, 6.45) is 1.55. The molecule has 0 bridgehead atoms. The molecule has 0 aromatic heterocycles. The van der Waals surface area contributed by atoms with Gasteiger partial charge in [-0.25, -0.2) is 0 Å². The van der Waals surface area contributed by atoms with Crippen LogP contribution in [-0.4, -0.2) is 29.9 Å². The molecule has 0 aromatic carbocycles. The average Bonchev–Trinajstić information content (AvgIpc) is 1.69. The van der Waals surface area contributed by atoms with Crippen LogP contribution in [0.4, 0.5) is 0 Å². The van der Waals surface area contributed by atoms with Gasteiger partial charge in [-0.1, -0.05) is 0 Å². The van der Waals surface area contributed by atoms with Gasteiger partial charge in [-0.3, -0.25) is 0 Å². The van der Waals surface area contributed by atoms with Crippen molar-refractivity contribution in [3.8, 4) is 0 Å². The maximum absolute atomic E-state index is 2.42. The van der Waals surface area contributed by atoms with Crippen molar-refractivity contribution in [2.24, 2.45) is 0 Å². The first-order chi connectivity index (χ1) is 3.39. The van der Waals surface area contributed by atoms with E-state index in [-0.39, 0.29) is 0 Å². The Morgan fingerprint density at radius 2 is 1.86 bits per heavy atom. The molecule has 0 spiro atoms. The van der Waals surface area contributed by atoms with Gasteiger partial charge in [0.1, 0.15) is 0 Å². The van der Waals surface area contributed by atoms with Crippen LogP contribution in [0.5, 0.6) is 0 Å². The number of rotatable bonds is 0. The third-order valence-corrected chi connectivity index (χ3v) is 8.13. The molecule has 0 aromatic rings. The summed E-state index contributed by atoms with van der Waals surface area (Å²) in [7, 11) is 0. The second-order valence-electron chi connectivity index (χ2n) is 1.66. The fourth-order valence-corrected chi connectivity index (χ4v) is 7.58. The van der Waals surface area contributed by atoms with E-state index in [4.69, 9.17) is 0 Å². The van der Waals surface area contributed by atoms with Crippen molar-refractivity contribution < 1.29 is 0 Å². The zero-order valence-corrected chi connectivity index (χ0v) is 7.94. The van der Waals surface area contributed by atoms with E-state index >= 15 is 0 Å². The molecule has 0 aliphatic carbocycles. The van der Waals surface area contributed by atoms with Crippen LogP contribution in [0.25, 0.3) is 0 Å². The molecule has 0 atom stereocenters. The second kappa shape index (κ2) is 3.14. The van der Waals surface area contributed by atoms with Crippen molar-refractivity contribution in [1.29, 1.82) is 0 Å². The molecule has 0 radical (unpaired) electrons. The van der Waals surface area contributed by atoms with Crippen molar-refractivity contribution in [2.45, 2.75) is 27.7 Å². The van der Waals surface area contributed by atoms with Crippen LogP contribution in [-0.2, 0) is 0 Å². The average molecular weight is 228 g/mol. The molecule has 0 amide bonds. The summed E-state index contributed by atoms with van der Waals surface area (Å²) < 4.78 is 1.16. The Hall–Kier alpha value is 1.04. The van der Waals surface area contributed by atoms with E-state index in [0.29, 0.717) is 0 Å². The van der Waals surface area contributed by atoms with Crippen LogP contribution >= 0.6 is 0 Å². The molecular weight excluding hydrogens is 218 g/mol. The summed E-state index contributed by atoms with van der Waals surface area (Å²) in [4.78, 5) is 0. The molecule has 1 aliphatic rings. The van der Waals surface area contributed by atoms with Crippen LogP contribution < -0.4 is 0 Å². The fourth-order valence-electron chi connectivity index (χ4n) is 0.606. The SMILES string of the molecule is CC1[Se]CCC[Se]1. The topological polar surface area (TPSA) is 0 Å². The molecule has 1 aliphatic heterocycles. The summed E-state index contributed by atoms with van der Waals surface area (Å²) in [6.45, 7) is 2.42. The summed E-state index contributed by atoms with van der Waals surface area (Å²) in [5.74, 6) is 0. The van der Waals surface area contributed by atoms with Crippen molar-refractivity contribution in [3.05, 3.63) is 0 Å². The van der Waals surface area contributed by atoms with Crippen LogP contribution in [0.3, 0.4) is 0 Å². The molecule has 1 fully saturated rings. The molecule has 0 saturated carbocycles. The van der Waals surface area contributed by atoms with Gasteiger partial charge in [0.2, 0.25) is 0 Å². The van der Waals surface area contributed by atoms with Crippen molar-refractivity contribution >= 4 is 29.9 Å². The van der Waals surface area contributed by atoms with Crippen LogP contribution in [0.15, 0.2) is 0 Å². The predicted octanol–water partition coefficient (Wildman–Crippen LogP) is 1.40. The fraction of sp³-hybridized carbons (Fsp3) is 1.00. The third kappa shape index (κ3) is 2.19. The zero-order chi connectivity index (χ0) is 5.11. The van der Waals surface area contributed by atoms with Gasteiger partial charge in [0.25, 0.3) is 0 Å². The van der Waals surface area contributed by atoms with Gasteiger partial charge in [0, 0.05) is 0 Å². The van der Waals surface area contributed by atoms with Crippen LogP contribution in [0, 0.1) is 0 Å². The van der Waals surface area contributed by atoms with Gasteiger partial charge < -0.3 is 0 Å². The number of hydrogen-bond donors (Lipinski definition) is 0. The Labute approximate surface area is 57.8 Å². The van der Waals surface area contributed by atoms with E-state index in [1.165, 1.54) is 0 Å². The molecule has 2 heteroatoms. The number of hydrogen-bond acceptors (Lipinski definition) is 0. The Morgan fingerprint density at radius 1 is 1.29 bits per heavy atom. The second-order valence-corrected chi connectivity index (χ2v) is 9.25. The zero-order valence-electron chi connectivity index (χ0n) is 4.52. The molecule has 7 heavy (non-hydrogen) atoms. The van der Waals surface area contributed by atoms with E-state index in [2.05, 4.69) is 6.92 Å². The minimum atomic E-state index is 1.04. The summed E-state index contributed by atoms with van der Waals surface area (Å²) >= 11 is 2.08. The monoisotopic (exact) mass is 230 g/mol. The molecule has 0 N–H and O–H groups in total. The summed E-state index contributed by atoms with van der Waals surface area (Å²) in [5, 5.41) is 3.13. The Bertz CT molecular complexity index is 48.0. The first kappa shape index (κ1) is 6.16. The van der Waals surface area contributed by atoms with Crippen molar-refractivity contribution in [2.75, 3.05) is 0 Å². The first-order valence-electron chi connectivity index (χ1n) is 2.63. The molecule has 42 valence electrons. The normalized spacial score (nSPS) is 25.3. The van der Waals surface area contributed by atoms with Gasteiger partial charge in [0.05, 0.1) is 0 Å². The summed E-state index contributed by atoms with van der Waals surface area (Å²) in [6, 6.07) is 0. The van der Waals surface area contributed by atoms with Crippen molar-refractivity contribution in [1.82, 2.24) is 0 Å². The molecular formula is C5H10Se2. The maximum atomic E-state index is 2.42. The standard InChI is InChI=1S/C5H10Se2/c1-5-6-3-2-4-7-5/h5H,2-4H2,1H3. The first-order valence-corrected chi connectivity index (χ1v) is 7.03. The van der Waals surface area contributed by atoms with E-state index in [1.807, 2.05) is 0 Å². The van der Waals surface area contributed by atoms with Crippen LogP contribution in [0.1, 0.15) is 13.3 Å². The Morgan fingerprint density at radius 3 is 2.14 bits per heavy atom. The Balaban J connectivity index is 2.12. The van der Waals surface area contributed by atoms with Gasteiger partial charge in [0.15, 0.2) is 0 Å². The van der Waals surface area contributed by atoms with E-state index < -0.39 is 0 Å². The molecule has 1 heterocycles. The van der Waals surface area contributed by atoms with Gasteiger partial charge in [-0.05, 0) is 0 Å². The van der Waals surface area contributed by atoms with E-state index in [9.17, 15) is 0 Å². The minimum absolute atomic E-state index is 1.04. The molecule has 0 unspecified atom stereocenters. The molecule has 0 nitrogen and oxygen atoms in total. The molecule has 1 saturated heterocycles. The third-order valence-electron chi connectivity index (χ3n) is 0.994. The molecule has 1 rings (SSSR count). The van der Waals surface area contributed by atoms with Crippen molar-refractivity contribution in [3.63, 3.8) is 0 Å².